The van der Waals surface area contributed by atoms with Crippen molar-refractivity contribution in [2.24, 2.45) is 0 Å². The van der Waals surface area contributed by atoms with Crippen LogP contribution in [0.3, 0.4) is 0 Å². The highest BCUT2D eigenvalue weighted by atomic mass is 19.3. The van der Waals surface area contributed by atoms with Crippen molar-refractivity contribution >= 4 is 5.97 Å². The lowest BCUT2D eigenvalue weighted by molar-refractivity contribution is -0.0503. The van der Waals surface area contributed by atoms with E-state index < -0.39 is 12.6 Å². The quantitative estimate of drug-likeness (QED) is 0.614. The van der Waals surface area contributed by atoms with Gasteiger partial charge >= 0.3 is 12.6 Å². The van der Waals surface area contributed by atoms with Gasteiger partial charge < -0.3 is 9.84 Å². The van der Waals surface area contributed by atoms with Crippen molar-refractivity contribution in [3.05, 3.63) is 65.4 Å². The summed E-state index contributed by atoms with van der Waals surface area (Å²) in [6, 6.07) is 11.4. The average molecular weight is 342 g/mol. The van der Waals surface area contributed by atoms with Crippen molar-refractivity contribution in [3.63, 3.8) is 0 Å². The van der Waals surface area contributed by atoms with Crippen LogP contribution in [0.25, 0.3) is 16.9 Å². The molecule has 0 saturated carbocycles. The monoisotopic (exact) mass is 342 g/mol. The molecule has 0 saturated heterocycles. The summed E-state index contributed by atoms with van der Waals surface area (Å²) in [4.78, 5) is 10.9. The standard InChI is InChI=1S/C18H12F2N2O3/c19-18(20)25-15-3-1-2-13-14(15)8-11-9-22(21-16(11)13)12-6-4-10(5-7-12)17(23)24/h1-7,9,18H,8H2,(H,23,24). The molecule has 0 unspecified atom stereocenters. The zero-order valence-corrected chi connectivity index (χ0v) is 12.8. The Bertz CT molecular complexity index is 965. The summed E-state index contributed by atoms with van der Waals surface area (Å²) in [5.74, 6) is -0.821. The Morgan fingerprint density at radius 2 is 1.96 bits per heavy atom. The highest BCUT2D eigenvalue weighted by Gasteiger charge is 2.26. The molecule has 7 heteroatoms. The number of carbonyl (C=O) groups is 1. The third-order valence-electron chi connectivity index (χ3n) is 4.14. The number of ether oxygens (including phenoxy) is 1. The van der Waals surface area contributed by atoms with Gasteiger partial charge in [0.05, 0.1) is 16.9 Å². The molecule has 0 radical (unpaired) electrons. The molecule has 1 aliphatic carbocycles. The first-order valence-corrected chi connectivity index (χ1v) is 7.52. The molecule has 0 atom stereocenters. The fraction of sp³-hybridized carbons (Fsp3) is 0.111. The maximum Gasteiger partial charge on any atom is 0.387 e. The van der Waals surface area contributed by atoms with Crippen molar-refractivity contribution < 1.29 is 23.4 Å². The molecule has 0 spiro atoms. The van der Waals surface area contributed by atoms with E-state index in [1.165, 1.54) is 18.2 Å². The SMILES string of the molecule is O=C(O)c1ccc(-n2cc3c(n2)-c2cccc(OC(F)F)c2C3)cc1. The number of hydrogen-bond acceptors (Lipinski definition) is 3. The van der Waals surface area contributed by atoms with Gasteiger partial charge in [-0.3, -0.25) is 0 Å². The predicted octanol–water partition coefficient (Wildman–Crippen LogP) is 3.74. The molecule has 2 aromatic carbocycles. The average Bonchev–Trinajstić information content (AvgIpc) is 3.13. The molecule has 0 bridgehead atoms. The van der Waals surface area contributed by atoms with Crippen LogP contribution in [-0.2, 0) is 6.42 Å². The lowest BCUT2D eigenvalue weighted by Crippen LogP contribution is -2.04. The summed E-state index contributed by atoms with van der Waals surface area (Å²) >= 11 is 0. The van der Waals surface area contributed by atoms with Gasteiger partial charge in [0.15, 0.2) is 0 Å². The molecule has 1 N–H and O–H groups in total. The normalized spacial score (nSPS) is 12.1. The van der Waals surface area contributed by atoms with E-state index in [9.17, 15) is 13.6 Å². The second kappa shape index (κ2) is 5.70. The Balaban J connectivity index is 1.70. The van der Waals surface area contributed by atoms with Gasteiger partial charge in [-0.1, -0.05) is 12.1 Å². The van der Waals surface area contributed by atoms with Gasteiger partial charge in [0.1, 0.15) is 5.75 Å². The van der Waals surface area contributed by atoms with Crippen LogP contribution in [0.5, 0.6) is 5.75 Å². The molecular weight excluding hydrogens is 330 g/mol. The fourth-order valence-corrected chi connectivity index (χ4v) is 3.02. The number of alkyl halides is 2. The summed E-state index contributed by atoms with van der Waals surface area (Å²) in [6.07, 6.45) is 2.28. The third-order valence-corrected chi connectivity index (χ3v) is 4.14. The minimum atomic E-state index is -2.87. The Kier molecular flexibility index (Phi) is 3.49. The zero-order valence-electron chi connectivity index (χ0n) is 12.8. The number of hydrogen-bond donors (Lipinski definition) is 1. The largest absolute Gasteiger partial charge is 0.478 e. The molecule has 0 fully saturated rings. The van der Waals surface area contributed by atoms with E-state index in [-0.39, 0.29) is 11.3 Å². The van der Waals surface area contributed by atoms with E-state index in [1.807, 2.05) is 12.3 Å². The summed E-state index contributed by atoms with van der Waals surface area (Å²) in [5, 5.41) is 13.5. The molecule has 126 valence electrons. The molecule has 3 aromatic rings. The number of halogens is 2. The van der Waals surface area contributed by atoms with Crippen LogP contribution in [0.1, 0.15) is 21.5 Å². The second-order valence-electron chi connectivity index (χ2n) is 5.64. The Hall–Kier alpha value is -3.22. The number of benzene rings is 2. The Morgan fingerprint density at radius 1 is 1.20 bits per heavy atom. The van der Waals surface area contributed by atoms with Crippen LogP contribution in [0.15, 0.2) is 48.7 Å². The number of rotatable bonds is 4. The molecule has 1 heterocycles. The van der Waals surface area contributed by atoms with Gasteiger partial charge in [-0.15, -0.1) is 0 Å². The Labute approximate surface area is 141 Å². The first-order valence-electron chi connectivity index (χ1n) is 7.52. The van der Waals surface area contributed by atoms with Crippen LogP contribution in [0.4, 0.5) is 8.78 Å². The number of nitrogens with zero attached hydrogens (tertiary/aromatic N) is 2. The van der Waals surface area contributed by atoms with Gasteiger partial charge in [-0.05, 0) is 30.3 Å². The van der Waals surface area contributed by atoms with E-state index in [2.05, 4.69) is 9.84 Å². The lowest BCUT2D eigenvalue weighted by Gasteiger charge is -2.10. The van der Waals surface area contributed by atoms with Crippen molar-refractivity contribution in [1.29, 1.82) is 0 Å². The van der Waals surface area contributed by atoms with Crippen LogP contribution in [0.2, 0.25) is 0 Å². The fourth-order valence-electron chi connectivity index (χ4n) is 3.02. The van der Waals surface area contributed by atoms with Crippen LogP contribution >= 0.6 is 0 Å². The smallest absolute Gasteiger partial charge is 0.387 e. The van der Waals surface area contributed by atoms with Gasteiger partial charge in [-0.25, -0.2) is 9.48 Å². The zero-order chi connectivity index (χ0) is 17.6. The number of aromatic carboxylic acids is 1. The minimum absolute atomic E-state index is 0.169. The minimum Gasteiger partial charge on any atom is -0.478 e. The number of carboxylic acid groups (broad SMARTS) is 1. The molecular formula is C18H12F2N2O3. The van der Waals surface area contributed by atoms with Gasteiger partial charge in [0, 0.05) is 29.3 Å². The van der Waals surface area contributed by atoms with Crippen molar-refractivity contribution in [3.8, 4) is 22.7 Å². The van der Waals surface area contributed by atoms with E-state index in [0.717, 1.165) is 22.5 Å². The summed E-state index contributed by atoms with van der Waals surface area (Å²) < 4.78 is 31.3. The third kappa shape index (κ3) is 2.63. The molecule has 0 amide bonds. The van der Waals surface area contributed by atoms with Crippen molar-refractivity contribution in [2.45, 2.75) is 13.0 Å². The van der Waals surface area contributed by atoms with E-state index in [1.54, 1.807) is 22.9 Å². The topological polar surface area (TPSA) is 64.3 Å². The molecule has 0 aliphatic heterocycles. The van der Waals surface area contributed by atoms with Gasteiger partial charge in [0.25, 0.3) is 0 Å². The maximum atomic E-state index is 12.5. The number of aromatic nitrogens is 2. The lowest BCUT2D eigenvalue weighted by atomic mass is 10.1. The summed E-state index contributed by atoms with van der Waals surface area (Å²) in [5.41, 5.74) is 4.02. The van der Waals surface area contributed by atoms with Gasteiger partial charge in [-0.2, -0.15) is 13.9 Å². The first kappa shape index (κ1) is 15.3. The Morgan fingerprint density at radius 3 is 2.64 bits per heavy atom. The molecule has 1 aliphatic rings. The summed E-state index contributed by atoms with van der Waals surface area (Å²) in [7, 11) is 0. The van der Waals surface area contributed by atoms with Gasteiger partial charge in [0.2, 0.25) is 0 Å². The van der Waals surface area contributed by atoms with E-state index >= 15 is 0 Å². The van der Waals surface area contributed by atoms with E-state index in [0.29, 0.717) is 12.0 Å². The molecule has 4 rings (SSSR count). The first-order chi connectivity index (χ1) is 12.0. The highest BCUT2D eigenvalue weighted by Crippen LogP contribution is 2.41. The second-order valence-corrected chi connectivity index (χ2v) is 5.64. The van der Waals surface area contributed by atoms with Crippen molar-refractivity contribution in [1.82, 2.24) is 9.78 Å². The van der Waals surface area contributed by atoms with E-state index in [4.69, 9.17) is 5.11 Å². The maximum absolute atomic E-state index is 12.5. The van der Waals surface area contributed by atoms with Crippen LogP contribution < -0.4 is 4.74 Å². The molecule has 1 aromatic heterocycles. The van der Waals surface area contributed by atoms with Crippen molar-refractivity contribution in [2.75, 3.05) is 0 Å². The molecule has 25 heavy (non-hydrogen) atoms. The number of fused-ring (bicyclic) bond motifs is 3. The highest BCUT2D eigenvalue weighted by molar-refractivity contribution is 5.87. The van der Waals surface area contributed by atoms with Crippen LogP contribution in [0, 0.1) is 0 Å². The predicted molar refractivity (Wildman–Crippen MR) is 85.4 cm³/mol. The molecule has 5 nitrogen and oxygen atoms in total. The summed E-state index contributed by atoms with van der Waals surface area (Å²) in [6.45, 7) is -2.87. The van der Waals surface area contributed by atoms with Crippen LogP contribution in [-0.4, -0.2) is 27.5 Å². The number of carboxylic acids is 1.